The highest BCUT2D eigenvalue weighted by molar-refractivity contribution is 9.09. The maximum atomic E-state index is 13.6. The predicted octanol–water partition coefficient (Wildman–Crippen LogP) is 11.3. The lowest BCUT2D eigenvalue weighted by atomic mass is 10.0. The third kappa shape index (κ3) is 16.8. The van der Waals surface area contributed by atoms with Gasteiger partial charge in [-0.05, 0) is 86.5 Å². The lowest BCUT2D eigenvalue weighted by Crippen LogP contribution is -2.47. The number of allylic oxidation sites excluding steroid dienone is 3. The van der Waals surface area contributed by atoms with Gasteiger partial charge in [-0.3, -0.25) is 14.5 Å². The van der Waals surface area contributed by atoms with Gasteiger partial charge in [0, 0.05) is 109 Å². The van der Waals surface area contributed by atoms with Gasteiger partial charge in [0.25, 0.3) is 0 Å². The molecule has 0 aliphatic carbocycles. The number of carbonyl (C=O) groups is 2. The van der Waals surface area contributed by atoms with Gasteiger partial charge in [-0.25, -0.2) is 28.7 Å². The summed E-state index contributed by atoms with van der Waals surface area (Å²) in [5.41, 5.74) is 3.96. The predicted molar refractivity (Wildman–Crippen MR) is 303 cm³/mol. The molecule has 10 rings (SSSR count). The number of methoxy groups -OCH3 is 1. The van der Waals surface area contributed by atoms with Crippen LogP contribution in [-0.4, -0.2) is 126 Å². The van der Waals surface area contributed by atoms with Crippen LogP contribution in [-0.2, 0) is 36.6 Å². The van der Waals surface area contributed by atoms with E-state index in [4.69, 9.17) is 46.9 Å². The van der Waals surface area contributed by atoms with Crippen LogP contribution in [0.25, 0.3) is 21.8 Å². The van der Waals surface area contributed by atoms with Gasteiger partial charge in [-0.1, -0.05) is 58.2 Å². The fraction of sp³-hybridized carbons (Fsp3) is 0.393. The van der Waals surface area contributed by atoms with Gasteiger partial charge in [0.05, 0.1) is 54.1 Å². The molecular weight excluding hydrogens is 1120 g/mol. The molecule has 4 fully saturated rings. The summed E-state index contributed by atoms with van der Waals surface area (Å²) in [7, 11) is 1.74. The molecule has 0 bridgehead atoms. The summed E-state index contributed by atoms with van der Waals surface area (Å²) >= 11 is 15.1. The molecule has 4 saturated heterocycles. The van der Waals surface area contributed by atoms with Crippen LogP contribution in [0.3, 0.4) is 0 Å². The van der Waals surface area contributed by atoms with E-state index in [0.29, 0.717) is 94.8 Å². The van der Waals surface area contributed by atoms with Crippen molar-refractivity contribution in [3.8, 4) is 11.5 Å². The Labute approximate surface area is 471 Å². The van der Waals surface area contributed by atoms with Crippen molar-refractivity contribution in [1.29, 1.82) is 0 Å². The largest absolute Gasteiger partial charge is 0.488 e. The number of aromatic nitrogens is 4. The number of likely N-dealkylation sites (tertiary alicyclic amines) is 1. The topological polar surface area (TPSA) is 171 Å². The van der Waals surface area contributed by atoms with Crippen LogP contribution >= 0.6 is 51.5 Å². The third-order valence-corrected chi connectivity index (χ3v) is 14.1. The van der Waals surface area contributed by atoms with E-state index in [9.17, 15) is 18.4 Å². The zero-order valence-corrected chi connectivity index (χ0v) is 46.7. The summed E-state index contributed by atoms with van der Waals surface area (Å²) in [6, 6.07) is 17.4. The Kier molecular flexibility index (Phi) is 22.7. The average Bonchev–Trinajstić information content (AvgIpc) is 4.12. The highest BCUT2D eigenvalue weighted by Crippen LogP contribution is 2.35. The minimum absolute atomic E-state index is 0. The van der Waals surface area contributed by atoms with Crippen molar-refractivity contribution >= 4 is 108 Å². The fourth-order valence-corrected chi connectivity index (χ4v) is 9.37. The Balaban J connectivity index is 0.000000197. The molecule has 4 aromatic carbocycles. The van der Waals surface area contributed by atoms with Crippen LogP contribution in [0.4, 0.5) is 31.8 Å². The molecule has 21 heteroatoms. The number of fused-ring (bicyclic) bond motifs is 2. The van der Waals surface area contributed by atoms with Crippen LogP contribution in [0.1, 0.15) is 50.2 Å². The van der Waals surface area contributed by atoms with Crippen molar-refractivity contribution in [2.45, 2.75) is 76.2 Å². The highest BCUT2D eigenvalue weighted by Gasteiger charge is 2.26. The monoisotopic (exact) mass is 1180 g/mol. The number of hydrogen-bond donors (Lipinski definition) is 3. The molecule has 0 amide bonds. The lowest BCUT2D eigenvalue weighted by Gasteiger charge is -2.39. The third-order valence-electron chi connectivity index (χ3n) is 13.2. The molecule has 3 N–H and O–H groups in total. The van der Waals surface area contributed by atoms with Gasteiger partial charge in [-0.15, -0.1) is 12.4 Å². The maximum Gasteiger partial charge on any atom is 0.159 e. The Morgan fingerprint density at radius 3 is 1.68 bits per heavy atom. The second-order valence-electron chi connectivity index (χ2n) is 18.6. The number of rotatable bonds is 20. The number of halogens is 6. The normalized spacial score (nSPS) is 18.9. The number of hydrogen-bond acceptors (Lipinski definition) is 15. The Bertz CT molecular complexity index is 3020. The molecule has 6 heterocycles. The highest BCUT2D eigenvalue weighted by atomic mass is 79.9. The number of ether oxygens (including phenoxy) is 5. The lowest BCUT2D eigenvalue weighted by molar-refractivity contribution is -0.114. The van der Waals surface area contributed by atoms with Crippen molar-refractivity contribution in [2.24, 2.45) is 0 Å². The van der Waals surface area contributed by atoms with E-state index in [0.717, 1.165) is 55.5 Å². The van der Waals surface area contributed by atoms with Crippen molar-refractivity contribution in [3.05, 3.63) is 130 Å². The first-order valence-electron chi connectivity index (χ1n) is 25.4. The van der Waals surface area contributed by atoms with Crippen molar-refractivity contribution < 1.29 is 42.1 Å². The second-order valence-corrected chi connectivity index (χ2v) is 20.1. The smallest absolute Gasteiger partial charge is 0.159 e. The Hall–Kier alpha value is -5.41. The molecule has 2 unspecified atom stereocenters. The van der Waals surface area contributed by atoms with E-state index in [-0.39, 0.29) is 59.1 Å². The molecule has 15 nitrogen and oxygen atoms in total. The first-order chi connectivity index (χ1) is 37.0. The molecule has 0 saturated carbocycles. The van der Waals surface area contributed by atoms with E-state index in [1.807, 2.05) is 30.3 Å². The number of benzene rings is 4. The molecule has 4 aliphatic rings. The van der Waals surface area contributed by atoms with Crippen LogP contribution in [0.15, 0.2) is 97.6 Å². The van der Waals surface area contributed by atoms with Gasteiger partial charge in [-0.2, -0.15) is 0 Å². The molecule has 0 spiro atoms. The summed E-state index contributed by atoms with van der Waals surface area (Å²) in [6.07, 6.45) is 15.2. The summed E-state index contributed by atoms with van der Waals surface area (Å²) in [6.45, 7) is 8.44. The first-order valence-corrected chi connectivity index (χ1v) is 27.2. The fourth-order valence-electron chi connectivity index (χ4n) is 8.82. The van der Waals surface area contributed by atoms with E-state index >= 15 is 0 Å². The number of carbonyl (C=O) groups excluding carboxylic acids is 2. The van der Waals surface area contributed by atoms with E-state index < -0.39 is 11.6 Å². The molecule has 77 heavy (non-hydrogen) atoms. The number of nitrogens with zero attached hydrogens (tertiary/aromatic N) is 5. The van der Waals surface area contributed by atoms with Gasteiger partial charge in [0.2, 0.25) is 0 Å². The Morgan fingerprint density at radius 2 is 1.29 bits per heavy atom. The van der Waals surface area contributed by atoms with E-state index in [1.165, 1.54) is 56.3 Å². The van der Waals surface area contributed by atoms with Crippen LogP contribution < -0.4 is 25.4 Å². The average molecular weight is 1180 g/mol. The first kappa shape index (κ1) is 59.3. The quantitative estimate of drug-likeness (QED) is 0.0487. The Morgan fingerprint density at radius 1 is 0.766 bits per heavy atom. The standard InChI is InChI=1S/C28H30ClFN4O3.C23H20BrClFN3O3.C5H11NO.ClH/c1-2-20-7-10-34(20)9-3-4-21(35)12-18-13-23-26(15-27(18)37-22-8-11-36-16-22)31-17-32-28(23)33-19-5-6-25(30)24(29)14-19;24-6-1-2-16(30)8-14-9-18-21(11-22(14)32-17-5-7-31-12-17)27-13-28-23(18)29-15-3-4-20(26)19(25)10-15;1-7-4-5-2-3-6-5;/h3-6,13-15,17,20,22H,2,7-12,16H2,1H3,(H,31,32,33);1-4,9-11,13,17H,5-8,12H2,(H,27,28,29);5-6H,2-4H2,1H3;1H/b4-3+;2-1+;;/t20?,22-;17-;;/m00../s1. The van der Waals surface area contributed by atoms with Crippen LogP contribution in [0.2, 0.25) is 10.0 Å². The number of ketones is 2. The molecular formula is C56H62BrCl3F2N8O7. The van der Waals surface area contributed by atoms with Gasteiger partial charge < -0.3 is 39.6 Å². The van der Waals surface area contributed by atoms with Gasteiger partial charge in [0.15, 0.2) is 11.6 Å². The molecule has 4 atom stereocenters. The molecule has 4 aliphatic heterocycles. The summed E-state index contributed by atoms with van der Waals surface area (Å²) in [5.74, 6) is 1.21. The van der Waals surface area contributed by atoms with E-state index in [1.54, 1.807) is 37.5 Å². The van der Waals surface area contributed by atoms with Crippen LogP contribution in [0, 0.1) is 11.6 Å². The molecule has 2 aromatic heterocycles. The summed E-state index contributed by atoms with van der Waals surface area (Å²) < 4.78 is 55.3. The number of nitrogens with one attached hydrogen (secondary N) is 3. The summed E-state index contributed by atoms with van der Waals surface area (Å²) in [4.78, 5) is 45.3. The maximum absolute atomic E-state index is 13.6. The van der Waals surface area contributed by atoms with Crippen molar-refractivity contribution in [2.75, 3.05) is 75.7 Å². The zero-order chi connectivity index (χ0) is 53.4. The van der Waals surface area contributed by atoms with E-state index in [2.05, 4.69) is 63.6 Å². The molecule has 0 radical (unpaired) electrons. The summed E-state index contributed by atoms with van der Waals surface area (Å²) in [5, 5.41) is 11.6. The van der Waals surface area contributed by atoms with Gasteiger partial charge in [0.1, 0.15) is 59.6 Å². The number of anilines is 4. The SMILES string of the molecule is CCC1CCN1C/C=C/C(=O)Cc1cc2c(Nc3ccc(F)c(Cl)c3)ncnc2cc1O[C@H]1CCOC1.COCC1CCN1.Cl.O=C(/C=C/CBr)Cc1cc2c(Nc3ccc(F)c(Cl)c3)ncnc2cc1O[C@H]1CCOC1. The minimum atomic E-state index is -0.500. The van der Waals surface area contributed by atoms with Crippen molar-refractivity contribution in [3.63, 3.8) is 0 Å². The zero-order valence-electron chi connectivity index (χ0n) is 42.8. The number of alkyl halides is 1. The second kappa shape index (κ2) is 29.5. The van der Waals surface area contributed by atoms with Gasteiger partial charge >= 0.3 is 0 Å². The van der Waals surface area contributed by atoms with Crippen LogP contribution in [0.5, 0.6) is 11.5 Å². The van der Waals surface area contributed by atoms with Crippen molar-refractivity contribution in [1.82, 2.24) is 30.2 Å². The molecule has 6 aromatic rings. The minimum Gasteiger partial charge on any atom is -0.488 e. The molecule has 410 valence electrons.